The van der Waals surface area contributed by atoms with Crippen molar-refractivity contribution in [2.75, 3.05) is 0 Å². The van der Waals surface area contributed by atoms with E-state index in [9.17, 15) is 0 Å². The van der Waals surface area contributed by atoms with Gasteiger partial charge in [-0.05, 0) is 73.0 Å². The molecule has 0 nitrogen and oxygen atoms in total. The summed E-state index contributed by atoms with van der Waals surface area (Å²) in [6.45, 7) is 0. The first kappa shape index (κ1) is 5.67. The first-order valence-corrected chi connectivity index (χ1v) is 5.85. The van der Waals surface area contributed by atoms with E-state index in [0.29, 0.717) is 0 Å². The van der Waals surface area contributed by atoms with Gasteiger partial charge < -0.3 is 0 Å². The molecule has 0 bridgehead atoms. The largest absolute Gasteiger partial charge is 0.0496 e. The van der Waals surface area contributed by atoms with Crippen molar-refractivity contribution in [1.82, 2.24) is 0 Å². The maximum atomic E-state index is 1.66. The summed E-state index contributed by atoms with van der Waals surface area (Å²) in [6.07, 6.45) is 9.87. The molecule has 5 fully saturated rings. The van der Waals surface area contributed by atoms with E-state index in [1.54, 1.807) is 38.5 Å². The van der Waals surface area contributed by atoms with E-state index < -0.39 is 0 Å². The van der Waals surface area contributed by atoms with E-state index in [2.05, 4.69) is 0 Å². The predicted molar refractivity (Wildman–Crippen MR) is 46.5 cm³/mol. The molecule has 6 atom stereocenters. The van der Waals surface area contributed by atoms with Crippen LogP contribution in [0.3, 0.4) is 0 Å². The van der Waals surface area contributed by atoms with Gasteiger partial charge >= 0.3 is 0 Å². The van der Waals surface area contributed by atoms with E-state index in [1.165, 1.54) is 23.7 Å². The third-order valence-electron chi connectivity index (χ3n) is 6.26. The van der Waals surface area contributed by atoms with Crippen LogP contribution in [0.15, 0.2) is 0 Å². The Labute approximate surface area is 73.7 Å². The SMILES string of the molecule is C1CC2CC23CC3C2CC23CC13. The first-order valence-electron chi connectivity index (χ1n) is 5.85. The molecular weight excluding hydrogens is 144 g/mol. The molecule has 6 unspecified atom stereocenters. The highest BCUT2D eigenvalue weighted by Gasteiger charge is 2.82. The van der Waals surface area contributed by atoms with Crippen molar-refractivity contribution in [3.8, 4) is 0 Å². The van der Waals surface area contributed by atoms with Crippen molar-refractivity contribution >= 4 is 0 Å². The molecule has 0 radical (unpaired) electrons. The fraction of sp³-hybridized carbons (Fsp3) is 1.00. The Bertz CT molecular complexity index is 264. The van der Waals surface area contributed by atoms with Crippen LogP contribution in [-0.2, 0) is 0 Å². The summed E-state index contributed by atoms with van der Waals surface area (Å²) in [4.78, 5) is 0. The third-order valence-corrected chi connectivity index (χ3v) is 6.26. The van der Waals surface area contributed by atoms with Crippen LogP contribution < -0.4 is 0 Å². The van der Waals surface area contributed by atoms with Crippen molar-refractivity contribution in [1.29, 1.82) is 0 Å². The Morgan fingerprint density at radius 3 is 1.67 bits per heavy atom. The minimum atomic E-state index is 1.00. The average Bonchev–Trinajstić information content (AvgIpc) is 2.85. The van der Waals surface area contributed by atoms with E-state index in [4.69, 9.17) is 0 Å². The molecule has 5 aliphatic rings. The smallest absolute Gasteiger partial charge is 0.0232 e. The van der Waals surface area contributed by atoms with Crippen molar-refractivity contribution < 1.29 is 0 Å². The van der Waals surface area contributed by atoms with Crippen LogP contribution in [-0.4, -0.2) is 0 Å². The Morgan fingerprint density at radius 1 is 0.667 bits per heavy atom. The summed E-state index contributed by atoms with van der Waals surface area (Å²) in [6, 6.07) is 0. The molecule has 5 saturated carbocycles. The fourth-order valence-corrected chi connectivity index (χ4v) is 5.18. The molecular formula is C12H16. The van der Waals surface area contributed by atoms with E-state index in [1.807, 2.05) is 0 Å². The molecule has 12 heavy (non-hydrogen) atoms. The van der Waals surface area contributed by atoms with Gasteiger partial charge in [-0.1, -0.05) is 0 Å². The normalized spacial score (nSPS) is 80.0. The number of rotatable bonds is 0. The fourth-order valence-electron chi connectivity index (χ4n) is 5.18. The lowest BCUT2D eigenvalue weighted by Gasteiger charge is -2.03. The highest BCUT2D eigenvalue weighted by atomic mass is 14.9. The van der Waals surface area contributed by atoms with Gasteiger partial charge in [0.1, 0.15) is 0 Å². The molecule has 0 aromatic carbocycles. The van der Waals surface area contributed by atoms with Gasteiger partial charge in [-0.25, -0.2) is 0 Å². The zero-order valence-corrected chi connectivity index (χ0v) is 7.55. The maximum Gasteiger partial charge on any atom is -0.0232 e. The number of fused-ring (bicyclic) bond motifs is 1. The quantitative estimate of drug-likeness (QED) is 0.511. The molecule has 0 amide bonds. The van der Waals surface area contributed by atoms with Gasteiger partial charge in [0.15, 0.2) is 0 Å². The van der Waals surface area contributed by atoms with Crippen molar-refractivity contribution in [2.45, 2.75) is 38.5 Å². The summed E-state index contributed by atoms with van der Waals surface area (Å²) < 4.78 is 0. The monoisotopic (exact) mass is 160 g/mol. The maximum absolute atomic E-state index is 1.66. The van der Waals surface area contributed by atoms with E-state index in [-0.39, 0.29) is 0 Å². The first-order chi connectivity index (χ1) is 5.85. The molecule has 64 valence electrons. The second-order valence-corrected chi connectivity index (χ2v) is 6.47. The summed E-state index contributed by atoms with van der Waals surface area (Å²) in [7, 11) is 0. The number of hydrogen-bond donors (Lipinski definition) is 0. The zero-order valence-electron chi connectivity index (χ0n) is 7.55. The minimum absolute atomic E-state index is 1.00. The molecule has 5 aliphatic carbocycles. The van der Waals surface area contributed by atoms with Crippen LogP contribution in [0.25, 0.3) is 0 Å². The molecule has 0 heteroatoms. The molecule has 0 heterocycles. The molecule has 2 spiro atoms. The van der Waals surface area contributed by atoms with Crippen molar-refractivity contribution in [3.05, 3.63) is 0 Å². The van der Waals surface area contributed by atoms with Gasteiger partial charge in [-0.2, -0.15) is 0 Å². The summed E-state index contributed by atoms with van der Waals surface area (Å²) in [5.41, 5.74) is 2.00. The molecule has 0 aromatic heterocycles. The molecule has 0 saturated heterocycles. The molecule has 0 aromatic rings. The standard InChI is InChI=1S/C12H16/c1-2-8-4-12(8)6-10(12)9-5-11(9)3-7(1)11/h7-10H,1-6H2. The average molecular weight is 160 g/mol. The minimum Gasteiger partial charge on any atom is -0.0496 e. The Balaban J connectivity index is 1.60. The summed E-state index contributed by atoms with van der Waals surface area (Å²) in [5.74, 6) is 4.96. The molecule has 0 N–H and O–H groups in total. The van der Waals surface area contributed by atoms with Crippen LogP contribution in [0, 0.1) is 34.5 Å². The van der Waals surface area contributed by atoms with Crippen molar-refractivity contribution in [2.24, 2.45) is 34.5 Å². The molecule has 5 rings (SSSR count). The van der Waals surface area contributed by atoms with E-state index in [0.717, 1.165) is 10.8 Å². The molecule has 0 aliphatic heterocycles. The number of hydrogen-bond acceptors (Lipinski definition) is 0. The Hall–Kier alpha value is 0. The van der Waals surface area contributed by atoms with Crippen LogP contribution >= 0.6 is 0 Å². The van der Waals surface area contributed by atoms with Gasteiger partial charge in [0.05, 0.1) is 0 Å². The van der Waals surface area contributed by atoms with Gasteiger partial charge in [0, 0.05) is 0 Å². The van der Waals surface area contributed by atoms with Gasteiger partial charge in [-0.3, -0.25) is 0 Å². The van der Waals surface area contributed by atoms with Gasteiger partial charge in [-0.15, -0.1) is 0 Å². The van der Waals surface area contributed by atoms with Crippen molar-refractivity contribution in [3.63, 3.8) is 0 Å². The van der Waals surface area contributed by atoms with Crippen LogP contribution in [0.5, 0.6) is 0 Å². The van der Waals surface area contributed by atoms with Crippen LogP contribution in [0.2, 0.25) is 0 Å². The van der Waals surface area contributed by atoms with Gasteiger partial charge in [0.2, 0.25) is 0 Å². The van der Waals surface area contributed by atoms with Crippen LogP contribution in [0.1, 0.15) is 38.5 Å². The van der Waals surface area contributed by atoms with E-state index >= 15 is 0 Å². The van der Waals surface area contributed by atoms with Gasteiger partial charge in [0.25, 0.3) is 0 Å². The lowest BCUT2D eigenvalue weighted by Crippen LogP contribution is -1.97. The second-order valence-electron chi connectivity index (χ2n) is 6.47. The second kappa shape index (κ2) is 1.22. The Morgan fingerprint density at radius 2 is 1.17 bits per heavy atom. The zero-order chi connectivity index (χ0) is 7.55. The highest BCUT2D eigenvalue weighted by Crippen LogP contribution is 2.90. The summed E-state index contributed by atoms with van der Waals surface area (Å²) >= 11 is 0. The Kier molecular flexibility index (Phi) is 0.578. The predicted octanol–water partition coefficient (Wildman–Crippen LogP) is 2.83. The summed E-state index contributed by atoms with van der Waals surface area (Å²) in [5, 5.41) is 0. The van der Waals surface area contributed by atoms with Crippen LogP contribution in [0.4, 0.5) is 0 Å². The highest BCUT2D eigenvalue weighted by molar-refractivity contribution is 5.31. The lowest BCUT2D eigenvalue weighted by atomic mass is 10.0. The topological polar surface area (TPSA) is 0 Å². The third kappa shape index (κ3) is 0.400. The lowest BCUT2D eigenvalue weighted by molar-refractivity contribution is 0.450.